The first-order chi connectivity index (χ1) is 29.7. The number of hydrogen-bond donors (Lipinski definition) is 7. The summed E-state index contributed by atoms with van der Waals surface area (Å²) in [5.74, 6) is 4.35. The highest BCUT2D eigenvalue weighted by atomic mass is 19.1. The summed E-state index contributed by atoms with van der Waals surface area (Å²) < 4.78 is 26.9. The number of nitrogens with two attached hydrogens (primary N) is 3. The molecule has 0 saturated carbocycles. The summed E-state index contributed by atoms with van der Waals surface area (Å²) in [5, 5.41) is 18.8. The minimum Gasteiger partial charge on any atom is -0.477 e. The summed E-state index contributed by atoms with van der Waals surface area (Å²) in [4.78, 5) is 61.9. The summed E-state index contributed by atoms with van der Waals surface area (Å²) in [5.41, 5.74) is 14.0. The third kappa shape index (κ3) is 14.0. The number of aromatic carboxylic acids is 1. The van der Waals surface area contributed by atoms with E-state index in [2.05, 4.69) is 22.5 Å². The van der Waals surface area contributed by atoms with Gasteiger partial charge in [-0.05, 0) is 61.7 Å². The van der Waals surface area contributed by atoms with Crippen molar-refractivity contribution in [2.75, 3.05) is 56.6 Å². The molecule has 4 aromatic rings. The van der Waals surface area contributed by atoms with Gasteiger partial charge >= 0.3 is 12.0 Å². The smallest absolute Gasteiger partial charge is 0.341 e. The first-order valence-electron chi connectivity index (χ1n) is 19.8. The van der Waals surface area contributed by atoms with E-state index >= 15 is 0 Å². The maximum atomic E-state index is 14.6. The Bertz CT molecular complexity index is 2250. The number of benzene rings is 3. The molecule has 19 heteroatoms. The number of aromatic nitrogens is 1. The van der Waals surface area contributed by atoms with Crippen LogP contribution in [0.2, 0.25) is 0 Å². The lowest BCUT2D eigenvalue weighted by Gasteiger charge is -2.34. The number of rotatable bonds is 20. The number of hydrazine groups is 1. The van der Waals surface area contributed by atoms with Crippen molar-refractivity contribution in [1.29, 1.82) is 0 Å². The van der Waals surface area contributed by atoms with E-state index in [1.54, 1.807) is 34.8 Å². The van der Waals surface area contributed by atoms with Crippen LogP contribution in [0.4, 0.5) is 20.6 Å². The Morgan fingerprint density at radius 3 is 2.29 bits per heavy atom. The monoisotopic (exact) mass is 858 g/mol. The fraction of sp³-hybridized carbons (Fsp3) is 0.326. The highest BCUT2D eigenvalue weighted by molar-refractivity contribution is 5.95. The predicted molar refractivity (Wildman–Crippen MR) is 234 cm³/mol. The van der Waals surface area contributed by atoms with Gasteiger partial charge in [-0.1, -0.05) is 42.5 Å². The number of hydrogen-bond acceptors (Lipinski definition) is 12. The molecule has 3 aromatic carbocycles. The first-order valence-corrected chi connectivity index (χ1v) is 19.8. The van der Waals surface area contributed by atoms with Gasteiger partial charge in [0.2, 0.25) is 17.7 Å². The normalized spacial score (nSPS) is 13.0. The number of methoxy groups -OCH3 is 1. The molecule has 1 aliphatic heterocycles. The molecule has 5 rings (SSSR count). The number of piperazine rings is 1. The molecule has 0 bridgehead atoms. The Morgan fingerprint density at radius 2 is 1.68 bits per heavy atom. The van der Waals surface area contributed by atoms with Crippen molar-refractivity contribution in [1.82, 2.24) is 25.1 Å². The number of ether oxygens (including phenoxy) is 2. The Balaban J connectivity index is 0.000000292. The largest absolute Gasteiger partial charge is 0.477 e. The zero-order valence-electron chi connectivity index (χ0n) is 34.8. The van der Waals surface area contributed by atoms with E-state index in [1.165, 1.54) is 17.4 Å². The quantitative estimate of drug-likeness (QED) is 0.0222. The number of carbonyl (C=O) groups is 4. The minimum absolute atomic E-state index is 0.0505. The van der Waals surface area contributed by atoms with Gasteiger partial charge < -0.3 is 61.4 Å². The van der Waals surface area contributed by atoms with E-state index in [4.69, 9.17) is 26.8 Å². The SMILES string of the molecule is C=C(NC/C(N)=C/N(N)C(CCCNC(N)=O)C(=O)Nc1ccc(COC)cc1)OCc1ccccc1.CCn1cc(C(=O)O)c(=O)c2cc(F)c(N3CCN(C=O)CC3)cc21. The number of anilines is 2. The van der Waals surface area contributed by atoms with Crippen LogP contribution in [-0.2, 0) is 38.8 Å². The molecular formula is C43H55FN10O8. The summed E-state index contributed by atoms with van der Waals surface area (Å²) in [7, 11) is 1.62. The number of carboxylic acid groups (broad SMARTS) is 1. The Hall–Kier alpha value is -7.12. The molecular weight excluding hydrogens is 804 g/mol. The number of primary amides is 1. The summed E-state index contributed by atoms with van der Waals surface area (Å²) >= 11 is 0. The van der Waals surface area contributed by atoms with Gasteiger partial charge in [-0.15, -0.1) is 0 Å². The lowest BCUT2D eigenvalue weighted by atomic mass is 10.1. The van der Waals surface area contributed by atoms with Crippen LogP contribution in [0.1, 0.15) is 41.3 Å². The summed E-state index contributed by atoms with van der Waals surface area (Å²) in [6.45, 7) is 9.44. The molecule has 1 atom stereocenters. The number of carbonyl (C=O) groups excluding carboxylic acids is 3. The molecule has 62 heavy (non-hydrogen) atoms. The standard InChI is InChI=1S/C26H37N7O4.C17H18FN3O4/c1-19(37-18-20-7-4-3-5-8-20)31-15-22(27)16-33(29)24(9-6-14-30-26(28)35)25(34)32-23-12-10-21(11-13-23)17-36-2;1-2-20-9-12(17(24)25)16(23)11-7-13(18)15(8-14(11)20)21-5-3-19(10-22)4-6-21/h3-5,7-8,10-13,16,24,31H,1,6,9,14-15,17-18,27,29H2,2H3,(H,32,34)(H3,28,30,35);7-10H,2-6H2,1H3,(H,24,25)/b22-16-;. The number of nitrogens with one attached hydrogen (secondary N) is 3. The van der Waals surface area contributed by atoms with Crippen molar-refractivity contribution in [2.24, 2.45) is 17.3 Å². The molecule has 10 N–H and O–H groups in total. The van der Waals surface area contributed by atoms with E-state index in [0.29, 0.717) is 93.8 Å². The zero-order valence-corrected chi connectivity index (χ0v) is 34.8. The number of pyridine rings is 1. The van der Waals surface area contributed by atoms with Gasteiger partial charge in [-0.3, -0.25) is 14.4 Å². The number of halogens is 1. The van der Waals surface area contributed by atoms with E-state index in [-0.39, 0.29) is 23.4 Å². The lowest BCUT2D eigenvalue weighted by Crippen LogP contribution is -2.46. The van der Waals surface area contributed by atoms with Crippen LogP contribution in [0.5, 0.6) is 0 Å². The van der Waals surface area contributed by atoms with Crippen molar-refractivity contribution >= 4 is 46.6 Å². The number of fused-ring (bicyclic) bond motifs is 1. The van der Waals surface area contributed by atoms with Crippen LogP contribution < -0.4 is 43.6 Å². The second-order valence-electron chi connectivity index (χ2n) is 14.2. The highest BCUT2D eigenvalue weighted by Gasteiger charge is 2.24. The summed E-state index contributed by atoms with van der Waals surface area (Å²) in [6, 6.07) is 18.3. The van der Waals surface area contributed by atoms with Crippen LogP contribution in [0.3, 0.4) is 0 Å². The molecule has 0 spiro atoms. The molecule has 4 amide bonds. The lowest BCUT2D eigenvalue weighted by molar-refractivity contribution is -0.121. The second-order valence-corrected chi connectivity index (χ2v) is 14.2. The van der Waals surface area contributed by atoms with E-state index in [1.807, 2.05) is 54.3 Å². The molecule has 332 valence electrons. The second kappa shape index (κ2) is 23.6. The average molecular weight is 859 g/mol. The van der Waals surface area contributed by atoms with Crippen LogP contribution in [0, 0.1) is 5.82 Å². The number of urea groups is 1. The molecule has 1 aromatic heterocycles. The molecule has 18 nitrogen and oxygen atoms in total. The molecule has 1 fully saturated rings. The molecule has 1 saturated heterocycles. The molecule has 2 heterocycles. The van der Waals surface area contributed by atoms with Gasteiger partial charge in [-0.25, -0.2) is 19.8 Å². The highest BCUT2D eigenvalue weighted by Crippen LogP contribution is 2.26. The number of nitrogens with zero attached hydrogens (tertiary/aromatic N) is 4. The van der Waals surface area contributed by atoms with Gasteiger partial charge in [-0.2, -0.15) is 0 Å². The van der Waals surface area contributed by atoms with Gasteiger partial charge in [0.05, 0.1) is 24.4 Å². The van der Waals surface area contributed by atoms with Crippen LogP contribution in [-0.4, -0.2) is 96.3 Å². The topological polar surface area (TPSA) is 253 Å². The first kappa shape index (κ1) is 47.6. The van der Waals surface area contributed by atoms with Crippen LogP contribution in [0.15, 0.2) is 102 Å². The number of carboxylic acids is 1. The van der Waals surface area contributed by atoms with Gasteiger partial charge in [0, 0.05) is 75.5 Å². The van der Waals surface area contributed by atoms with Gasteiger partial charge in [0.25, 0.3) is 0 Å². The van der Waals surface area contributed by atoms with Gasteiger partial charge in [0.15, 0.2) is 5.88 Å². The zero-order chi connectivity index (χ0) is 45.2. The fourth-order valence-electron chi connectivity index (χ4n) is 6.45. The maximum absolute atomic E-state index is 14.6. The number of amides is 4. The van der Waals surface area contributed by atoms with E-state index in [9.17, 15) is 33.5 Å². The van der Waals surface area contributed by atoms with Crippen LogP contribution >= 0.6 is 0 Å². The Labute approximate surface area is 358 Å². The maximum Gasteiger partial charge on any atom is 0.341 e. The molecule has 0 aliphatic carbocycles. The third-order valence-corrected chi connectivity index (χ3v) is 9.73. The average Bonchev–Trinajstić information content (AvgIpc) is 3.26. The number of aryl methyl sites for hydroxylation is 1. The van der Waals surface area contributed by atoms with E-state index < -0.39 is 29.3 Å². The van der Waals surface area contributed by atoms with Gasteiger partial charge in [0.1, 0.15) is 24.0 Å². The van der Waals surface area contributed by atoms with Crippen LogP contribution in [0.25, 0.3) is 10.9 Å². The predicted octanol–water partition coefficient (Wildman–Crippen LogP) is 2.98. The fourth-order valence-corrected chi connectivity index (χ4v) is 6.45. The van der Waals surface area contributed by atoms with Crippen molar-refractivity contribution in [3.05, 3.63) is 130 Å². The summed E-state index contributed by atoms with van der Waals surface area (Å²) in [6.07, 6.45) is 4.35. The van der Waals surface area contributed by atoms with Crippen molar-refractivity contribution in [2.45, 2.75) is 45.6 Å². The van der Waals surface area contributed by atoms with E-state index in [0.717, 1.165) is 23.6 Å². The molecule has 1 unspecified atom stereocenters. The Kier molecular flexibility index (Phi) is 18.1. The van der Waals surface area contributed by atoms with Crippen molar-refractivity contribution in [3.8, 4) is 0 Å². The third-order valence-electron chi connectivity index (χ3n) is 9.73. The molecule has 1 aliphatic rings. The minimum atomic E-state index is -1.33. The molecule has 0 radical (unpaired) electrons. The van der Waals surface area contributed by atoms with Crippen molar-refractivity contribution < 1.29 is 38.1 Å². The Morgan fingerprint density at radius 1 is 1.00 bits per heavy atom. The van der Waals surface area contributed by atoms with Crippen molar-refractivity contribution in [3.63, 3.8) is 0 Å².